The second-order valence-corrected chi connectivity index (χ2v) is 8.21. The summed E-state index contributed by atoms with van der Waals surface area (Å²) in [5.41, 5.74) is 0.827. The Morgan fingerprint density at radius 2 is 1.69 bits per heavy atom. The Kier molecular flexibility index (Phi) is 6.70. The molecule has 0 bridgehead atoms. The third-order valence-electron chi connectivity index (χ3n) is 5.64. The second kappa shape index (κ2) is 9.71. The van der Waals surface area contributed by atoms with Gasteiger partial charge in [-0.25, -0.2) is 18.4 Å². The molecule has 0 radical (unpaired) electrons. The lowest BCUT2D eigenvalue weighted by molar-refractivity contribution is -0.142. The molecule has 0 spiro atoms. The number of nitrogens with one attached hydrogen (secondary N) is 1. The maximum atomic E-state index is 14.5. The number of halogens is 3. The minimum atomic E-state index is -1.13. The summed E-state index contributed by atoms with van der Waals surface area (Å²) < 4.78 is 36.0. The highest BCUT2D eigenvalue weighted by molar-refractivity contribution is 6.33. The van der Waals surface area contributed by atoms with Gasteiger partial charge in [0.2, 0.25) is 0 Å². The Bertz CT molecular complexity index is 1480. The standard InChI is InChI=1S/C25H20ClF2N3O4/c1-30-20-8-4-7-18(28)22(20)31(25(30)34)15-11-9-14(10-12-15)13-19(24(33)35-2)29-23(32)21-16(26)5-3-6-17(21)27/h3-12,19H,13H2,1-2H3,(H,29,32). The lowest BCUT2D eigenvalue weighted by atomic mass is 10.0. The highest BCUT2D eigenvalue weighted by Crippen LogP contribution is 2.22. The van der Waals surface area contributed by atoms with Gasteiger partial charge >= 0.3 is 11.7 Å². The van der Waals surface area contributed by atoms with Crippen LogP contribution in [0.5, 0.6) is 0 Å². The number of carbonyl (C=O) groups is 2. The Balaban J connectivity index is 1.62. The highest BCUT2D eigenvalue weighted by atomic mass is 35.5. The number of ether oxygens (including phenoxy) is 1. The molecule has 1 amide bonds. The number of imidazole rings is 1. The predicted molar refractivity (Wildman–Crippen MR) is 127 cm³/mol. The second-order valence-electron chi connectivity index (χ2n) is 7.80. The first-order valence-corrected chi connectivity index (χ1v) is 10.9. The van der Waals surface area contributed by atoms with Gasteiger partial charge in [0, 0.05) is 13.5 Å². The molecule has 0 aliphatic rings. The molecular formula is C25H20ClF2N3O4. The van der Waals surface area contributed by atoms with Gasteiger partial charge in [0.05, 0.1) is 28.9 Å². The molecule has 0 fully saturated rings. The molecule has 1 heterocycles. The van der Waals surface area contributed by atoms with Crippen molar-refractivity contribution in [2.24, 2.45) is 7.05 Å². The van der Waals surface area contributed by atoms with Crippen molar-refractivity contribution in [3.63, 3.8) is 0 Å². The maximum absolute atomic E-state index is 14.5. The summed E-state index contributed by atoms with van der Waals surface area (Å²) in [5, 5.41) is 2.36. The minimum absolute atomic E-state index is 0.0174. The van der Waals surface area contributed by atoms with E-state index in [4.69, 9.17) is 16.3 Å². The topological polar surface area (TPSA) is 82.3 Å². The Labute approximate surface area is 203 Å². The zero-order valence-corrected chi connectivity index (χ0v) is 19.5. The van der Waals surface area contributed by atoms with E-state index >= 15 is 0 Å². The van der Waals surface area contributed by atoms with Gasteiger partial charge in [-0.15, -0.1) is 0 Å². The van der Waals surface area contributed by atoms with Gasteiger partial charge in [0.15, 0.2) is 0 Å². The number of para-hydroxylation sites is 1. The minimum Gasteiger partial charge on any atom is -0.467 e. The van der Waals surface area contributed by atoms with Gasteiger partial charge in [-0.3, -0.25) is 13.9 Å². The summed E-state index contributed by atoms with van der Waals surface area (Å²) in [6, 6.07) is 13.6. The number of nitrogens with zero attached hydrogens (tertiary/aromatic N) is 2. The lowest BCUT2D eigenvalue weighted by Crippen LogP contribution is -2.43. The number of hydrogen-bond acceptors (Lipinski definition) is 4. The molecule has 7 nitrogen and oxygen atoms in total. The maximum Gasteiger partial charge on any atom is 0.333 e. The number of aromatic nitrogens is 2. The molecule has 4 aromatic rings. The fourth-order valence-electron chi connectivity index (χ4n) is 3.88. The summed E-state index contributed by atoms with van der Waals surface area (Å²) in [6.07, 6.45) is 0.0174. The molecule has 10 heteroatoms. The SMILES string of the molecule is COC(=O)C(Cc1ccc(-n2c(=O)n(C)c3cccc(F)c32)cc1)NC(=O)c1c(F)cccc1Cl. The van der Waals surface area contributed by atoms with E-state index in [2.05, 4.69) is 5.32 Å². The Morgan fingerprint density at radius 1 is 1.03 bits per heavy atom. The van der Waals surface area contributed by atoms with Crippen molar-refractivity contribution in [1.29, 1.82) is 0 Å². The molecule has 1 atom stereocenters. The van der Waals surface area contributed by atoms with E-state index in [1.54, 1.807) is 37.4 Å². The largest absolute Gasteiger partial charge is 0.467 e. The first kappa shape index (κ1) is 24.2. The molecule has 0 saturated heterocycles. The monoisotopic (exact) mass is 499 g/mol. The summed E-state index contributed by atoms with van der Waals surface area (Å²) in [4.78, 5) is 37.7. The molecule has 0 aliphatic carbocycles. The number of esters is 1. The van der Waals surface area contributed by atoms with Gasteiger partial charge < -0.3 is 10.1 Å². The Hall–Kier alpha value is -3.98. The number of amides is 1. The van der Waals surface area contributed by atoms with Crippen molar-refractivity contribution in [3.05, 3.63) is 98.9 Å². The van der Waals surface area contributed by atoms with Crippen LogP contribution in [-0.2, 0) is 23.0 Å². The molecule has 4 rings (SSSR count). The third-order valence-corrected chi connectivity index (χ3v) is 5.96. The molecule has 1 aromatic heterocycles. The summed E-state index contributed by atoms with van der Waals surface area (Å²) in [5.74, 6) is -2.96. The molecular weight excluding hydrogens is 480 g/mol. The summed E-state index contributed by atoms with van der Waals surface area (Å²) >= 11 is 5.95. The normalized spacial score (nSPS) is 11.9. The lowest BCUT2D eigenvalue weighted by Gasteiger charge is -2.17. The van der Waals surface area contributed by atoms with E-state index in [9.17, 15) is 23.2 Å². The van der Waals surface area contributed by atoms with Crippen molar-refractivity contribution < 1.29 is 23.1 Å². The van der Waals surface area contributed by atoms with Crippen LogP contribution in [0.15, 0.2) is 65.5 Å². The van der Waals surface area contributed by atoms with Gasteiger partial charge in [0.25, 0.3) is 5.91 Å². The quantitative estimate of drug-likeness (QED) is 0.409. The van der Waals surface area contributed by atoms with Gasteiger partial charge in [-0.1, -0.05) is 35.9 Å². The van der Waals surface area contributed by atoms with Gasteiger partial charge in [-0.2, -0.15) is 0 Å². The zero-order valence-electron chi connectivity index (χ0n) is 18.7. The van der Waals surface area contributed by atoms with E-state index in [1.165, 1.54) is 40.5 Å². The van der Waals surface area contributed by atoms with Crippen LogP contribution in [0.1, 0.15) is 15.9 Å². The van der Waals surface area contributed by atoms with Crippen LogP contribution in [0.3, 0.4) is 0 Å². The number of fused-ring (bicyclic) bond motifs is 1. The van der Waals surface area contributed by atoms with E-state index < -0.39 is 35.2 Å². The van der Waals surface area contributed by atoms with Gasteiger partial charge in [-0.05, 0) is 42.0 Å². The van der Waals surface area contributed by atoms with Crippen LogP contribution in [0.25, 0.3) is 16.7 Å². The van der Waals surface area contributed by atoms with Crippen LogP contribution in [0, 0.1) is 11.6 Å². The number of benzene rings is 3. The molecule has 0 saturated carbocycles. The fourth-order valence-corrected chi connectivity index (χ4v) is 4.13. The molecule has 35 heavy (non-hydrogen) atoms. The van der Waals surface area contributed by atoms with Crippen molar-refractivity contribution in [2.75, 3.05) is 7.11 Å². The predicted octanol–water partition coefficient (Wildman–Crippen LogP) is 3.77. The van der Waals surface area contributed by atoms with Crippen LogP contribution >= 0.6 is 11.6 Å². The van der Waals surface area contributed by atoms with Gasteiger partial charge in [0.1, 0.15) is 23.2 Å². The highest BCUT2D eigenvalue weighted by Gasteiger charge is 2.25. The number of aryl methyl sites for hydroxylation is 1. The van der Waals surface area contributed by atoms with Crippen molar-refractivity contribution in [3.8, 4) is 5.69 Å². The van der Waals surface area contributed by atoms with Crippen LogP contribution < -0.4 is 11.0 Å². The molecule has 1 unspecified atom stereocenters. The summed E-state index contributed by atoms with van der Waals surface area (Å²) in [6.45, 7) is 0. The number of carbonyl (C=O) groups excluding carboxylic acids is 2. The first-order valence-electron chi connectivity index (χ1n) is 10.5. The summed E-state index contributed by atoms with van der Waals surface area (Å²) in [7, 11) is 2.72. The smallest absolute Gasteiger partial charge is 0.333 e. The fraction of sp³-hybridized carbons (Fsp3) is 0.160. The van der Waals surface area contributed by atoms with Crippen LogP contribution in [-0.4, -0.2) is 34.2 Å². The zero-order chi connectivity index (χ0) is 25.3. The van der Waals surface area contributed by atoms with Crippen LogP contribution in [0.4, 0.5) is 8.78 Å². The Morgan fingerprint density at radius 3 is 2.34 bits per heavy atom. The van der Waals surface area contributed by atoms with E-state index in [0.717, 1.165) is 6.07 Å². The van der Waals surface area contributed by atoms with Crippen molar-refractivity contribution >= 4 is 34.5 Å². The average molecular weight is 500 g/mol. The molecule has 0 aliphatic heterocycles. The molecule has 3 aromatic carbocycles. The van der Waals surface area contributed by atoms with Crippen molar-refractivity contribution in [1.82, 2.24) is 14.5 Å². The van der Waals surface area contributed by atoms with E-state index in [-0.39, 0.29) is 22.5 Å². The molecule has 180 valence electrons. The average Bonchev–Trinajstić information content (AvgIpc) is 3.10. The third kappa shape index (κ3) is 4.54. The van der Waals surface area contributed by atoms with E-state index in [0.29, 0.717) is 16.8 Å². The first-order chi connectivity index (χ1) is 16.7. The van der Waals surface area contributed by atoms with Crippen LogP contribution in [0.2, 0.25) is 5.02 Å². The number of hydrogen-bond donors (Lipinski definition) is 1. The number of methoxy groups -OCH3 is 1. The van der Waals surface area contributed by atoms with Crippen molar-refractivity contribution in [2.45, 2.75) is 12.5 Å². The number of rotatable bonds is 6. The molecule has 1 N–H and O–H groups in total. The van der Waals surface area contributed by atoms with E-state index in [1.807, 2.05) is 0 Å².